The van der Waals surface area contributed by atoms with Crippen molar-refractivity contribution in [3.8, 4) is 10.6 Å². The molecule has 6 heteroatoms. The summed E-state index contributed by atoms with van der Waals surface area (Å²) < 4.78 is 0. The Labute approximate surface area is 161 Å². The van der Waals surface area contributed by atoms with Crippen LogP contribution in [0.1, 0.15) is 18.5 Å². The highest BCUT2D eigenvalue weighted by Crippen LogP contribution is 2.29. The number of benzene rings is 2. The molecule has 2 amide bonds. The number of carbonyl (C=O) groups is 2. The molecule has 1 N–H and O–H groups in total. The monoisotopic (exact) mass is 377 g/mol. The van der Waals surface area contributed by atoms with Crippen molar-refractivity contribution in [1.29, 1.82) is 0 Å². The minimum absolute atomic E-state index is 0.101. The molecule has 3 aromatic rings. The van der Waals surface area contributed by atoms with Gasteiger partial charge in [0.15, 0.2) is 0 Å². The fraction of sp³-hybridized carbons (Fsp3) is 0.190. The molecule has 27 heavy (non-hydrogen) atoms. The summed E-state index contributed by atoms with van der Waals surface area (Å²) in [6.45, 7) is 0.693. The van der Waals surface area contributed by atoms with Crippen molar-refractivity contribution in [3.05, 3.63) is 65.7 Å². The molecule has 2 heterocycles. The summed E-state index contributed by atoms with van der Waals surface area (Å²) in [6, 6.07) is 17.4. The van der Waals surface area contributed by atoms with Crippen LogP contribution in [0.2, 0.25) is 0 Å². The second-order valence-electron chi connectivity index (χ2n) is 6.40. The van der Waals surface area contributed by atoms with E-state index in [1.54, 1.807) is 4.90 Å². The van der Waals surface area contributed by atoms with Crippen LogP contribution in [0.3, 0.4) is 0 Å². The SMILES string of the molecule is O=C(Cc1csc(-c2ccccc2)n1)Nc1ccccc1N1CCCC1=O. The van der Waals surface area contributed by atoms with Gasteiger partial charge in [0.05, 0.1) is 23.5 Å². The van der Waals surface area contributed by atoms with E-state index in [0.717, 1.165) is 28.4 Å². The first-order valence-electron chi connectivity index (χ1n) is 8.90. The number of thiazole rings is 1. The van der Waals surface area contributed by atoms with Crippen LogP contribution in [0.5, 0.6) is 0 Å². The van der Waals surface area contributed by atoms with Crippen LogP contribution in [-0.2, 0) is 16.0 Å². The molecule has 5 nitrogen and oxygen atoms in total. The predicted octanol–water partition coefficient (Wildman–Crippen LogP) is 4.12. The van der Waals surface area contributed by atoms with Gasteiger partial charge in [0.25, 0.3) is 0 Å². The lowest BCUT2D eigenvalue weighted by Crippen LogP contribution is -2.26. The van der Waals surface area contributed by atoms with E-state index in [2.05, 4.69) is 10.3 Å². The van der Waals surface area contributed by atoms with Crippen LogP contribution >= 0.6 is 11.3 Å². The predicted molar refractivity (Wildman–Crippen MR) is 108 cm³/mol. The van der Waals surface area contributed by atoms with Crippen molar-refractivity contribution in [2.45, 2.75) is 19.3 Å². The van der Waals surface area contributed by atoms with E-state index >= 15 is 0 Å². The molecule has 4 rings (SSSR count). The zero-order valence-corrected chi connectivity index (χ0v) is 15.5. The van der Waals surface area contributed by atoms with Crippen molar-refractivity contribution in [3.63, 3.8) is 0 Å². The number of para-hydroxylation sites is 2. The Hall–Kier alpha value is -2.99. The van der Waals surface area contributed by atoms with Gasteiger partial charge < -0.3 is 10.2 Å². The van der Waals surface area contributed by atoms with Crippen molar-refractivity contribution in [1.82, 2.24) is 4.98 Å². The lowest BCUT2D eigenvalue weighted by molar-refractivity contribution is -0.117. The maximum absolute atomic E-state index is 12.5. The van der Waals surface area contributed by atoms with Crippen molar-refractivity contribution < 1.29 is 9.59 Å². The lowest BCUT2D eigenvalue weighted by atomic mass is 10.2. The molecule has 0 bridgehead atoms. The number of anilines is 2. The maximum atomic E-state index is 12.5. The normalized spacial score (nSPS) is 13.8. The van der Waals surface area contributed by atoms with Crippen molar-refractivity contribution in [2.75, 3.05) is 16.8 Å². The molecule has 0 spiro atoms. The van der Waals surface area contributed by atoms with Crippen molar-refractivity contribution in [2.24, 2.45) is 0 Å². The number of hydrogen-bond donors (Lipinski definition) is 1. The number of aromatic nitrogens is 1. The Balaban J connectivity index is 1.46. The van der Waals surface area contributed by atoms with Crippen LogP contribution in [0.15, 0.2) is 60.0 Å². The summed E-state index contributed by atoms with van der Waals surface area (Å²) in [5, 5.41) is 5.76. The Bertz CT molecular complexity index is 968. The highest BCUT2D eigenvalue weighted by atomic mass is 32.1. The second-order valence-corrected chi connectivity index (χ2v) is 7.26. The molecule has 2 aromatic carbocycles. The molecular weight excluding hydrogens is 358 g/mol. The van der Waals surface area contributed by atoms with Gasteiger partial charge in [-0.05, 0) is 18.6 Å². The smallest absolute Gasteiger partial charge is 0.230 e. The van der Waals surface area contributed by atoms with E-state index in [-0.39, 0.29) is 18.2 Å². The van der Waals surface area contributed by atoms with Gasteiger partial charge in [0.1, 0.15) is 5.01 Å². The van der Waals surface area contributed by atoms with Gasteiger partial charge in [-0.2, -0.15) is 0 Å². The molecule has 1 aliphatic rings. The minimum atomic E-state index is -0.140. The third-order valence-electron chi connectivity index (χ3n) is 4.46. The summed E-state index contributed by atoms with van der Waals surface area (Å²) >= 11 is 1.53. The molecule has 0 unspecified atom stereocenters. The molecule has 1 aromatic heterocycles. The van der Waals surface area contributed by atoms with Crippen molar-refractivity contribution >= 4 is 34.5 Å². The molecule has 0 atom stereocenters. The van der Waals surface area contributed by atoms with Gasteiger partial charge in [-0.3, -0.25) is 9.59 Å². The van der Waals surface area contributed by atoms with Crippen LogP contribution in [0.4, 0.5) is 11.4 Å². The first kappa shape index (κ1) is 17.4. The van der Waals surface area contributed by atoms with E-state index in [4.69, 9.17) is 0 Å². The molecule has 0 saturated carbocycles. The third-order valence-corrected chi connectivity index (χ3v) is 5.40. The number of hydrogen-bond acceptors (Lipinski definition) is 4. The van der Waals surface area contributed by atoms with E-state index in [9.17, 15) is 9.59 Å². The standard InChI is InChI=1S/C21H19N3O2S/c25-19(13-16-14-27-21(22-16)15-7-2-1-3-8-15)23-17-9-4-5-10-18(17)24-12-6-11-20(24)26/h1-5,7-10,14H,6,11-13H2,(H,23,25). The fourth-order valence-corrected chi connectivity index (χ4v) is 4.00. The quantitative estimate of drug-likeness (QED) is 0.728. The number of nitrogens with one attached hydrogen (secondary N) is 1. The molecule has 0 aliphatic carbocycles. The summed E-state index contributed by atoms with van der Waals surface area (Å²) in [5.41, 5.74) is 3.21. The molecule has 1 aliphatic heterocycles. The van der Waals surface area contributed by atoms with Crippen LogP contribution in [-0.4, -0.2) is 23.3 Å². The highest BCUT2D eigenvalue weighted by Gasteiger charge is 2.24. The number of rotatable bonds is 5. The minimum Gasteiger partial charge on any atom is -0.324 e. The highest BCUT2D eigenvalue weighted by molar-refractivity contribution is 7.13. The Kier molecular flexibility index (Phi) is 4.98. The van der Waals surface area contributed by atoms with Gasteiger partial charge >= 0.3 is 0 Å². The third kappa shape index (κ3) is 3.90. The van der Waals surface area contributed by atoms with E-state index < -0.39 is 0 Å². The molecule has 0 radical (unpaired) electrons. The largest absolute Gasteiger partial charge is 0.324 e. The van der Waals surface area contributed by atoms with Gasteiger partial charge in [0, 0.05) is 23.9 Å². The maximum Gasteiger partial charge on any atom is 0.230 e. The summed E-state index contributed by atoms with van der Waals surface area (Å²) in [5.74, 6) is -0.0392. The van der Waals surface area contributed by atoms with Gasteiger partial charge in [-0.1, -0.05) is 42.5 Å². The lowest BCUT2D eigenvalue weighted by Gasteiger charge is -2.19. The summed E-state index contributed by atoms with van der Waals surface area (Å²) in [6.07, 6.45) is 1.61. The number of carbonyl (C=O) groups excluding carboxylic acids is 2. The fourth-order valence-electron chi connectivity index (χ4n) is 3.18. The van der Waals surface area contributed by atoms with Gasteiger partial charge in [-0.15, -0.1) is 11.3 Å². The number of nitrogens with zero attached hydrogens (tertiary/aromatic N) is 2. The Morgan fingerprint density at radius 1 is 1.11 bits per heavy atom. The zero-order chi connectivity index (χ0) is 18.6. The molecule has 136 valence electrons. The van der Waals surface area contributed by atoms with Crippen LogP contribution in [0.25, 0.3) is 10.6 Å². The number of amides is 2. The average Bonchev–Trinajstić information content (AvgIpc) is 3.32. The molecule has 1 fully saturated rings. The second kappa shape index (κ2) is 7.72. The Morgan fingerprint density at radius 3 is 2.67 bits per heavy atom. The van der Waals surface area contributed by atoms with E-state index in [1.807, 2.05) is 60.0 Å². The zero-order valence-electron chi connectivity index (χ0n) is 14.7. The summed E-state index contributed by atoms with van der Waals surface area (Å²) in [4.78, 5) is 30.9. The average molecular weight is 377 g/mol. The van der Waals surface area contributed by atoms with E-state index in [0.29, 0.717) is 18.7 Å². The van der Waals surface area contributed by atoms with Crippen LogP contribution in [0, 0.1) is 0 Å². The summed E-state index contributed by atoms with van der Waals surface area (Å²) in [7, 11) is 0. The first-order chi connectivity index (χ1) is 13.2. The first-order valence-corrected chi connectivity index (χ1v) is 9.78. The van der Waals surface area contributed by atoms with Crippen LogP contribution < -0.4 is 10.2 Å². The van der Waals surface area contributed by atoms with E-state index in [1.165, 1.54) is 11.3 Å². The molecular formula is C21H19N3O2S. The van der Waals surface area contributed by atoms with Gasteiger partial charge in [-0.25, -0.2) is 4.98 Å². The van der Waals surface area contributed by atoms with Gasteiger partial charge in [0.2, 0.25) is 11.8 Å². The Morgan fingerprint density at radius 2 is 1.89 bits per heavy atom. The molecule has 1 saturated heterocycles. The topological polar surface area (TPSA) is 62.3 Å².